The van der Waals surface area contributed by atoms with Crippen LogP contribution < -0.4 is 9.47 Å². The van der Waals surface area contributed by atoms with E-state index in [1.165, 1.54) is 5.56 Å². The maximum Gasteiger partial charge on any atom is 0.254 e. The molecule has 0 N–H and O–H groups in total. The van der Waals surface area contributed by atoms with Crippen molar-refractivity contribution in [3.05, 3.63) is 91.0 Å². The van der Waals surface area contributed by atoms with Gasteiger partial charge in [-0.2, -0.15) is 4.40 Å². The molecule has 2 aromatic carbocycles. The van der Waals surface area contributed by atoms with Crippen molar-refractivity contribution in [1.29, 1.82) is 0 Å². The van der Waals surface area contributed by atoms with Gasteiger partial charge < -0.3 is 4.90 Å². The van der Waals surface area contributed by atoms with Crippen molar-refractivity contribution in [3.63, 3.8) is 0 Å². The monoisotopic (exact) mass is 395 g/mol. The molecule has 0 bridgehead atoms. The fourth-order valence-electron chi connectivity index (χ4n) is 3.55. The summed E-state index contributed by atoms with van der Waals surface area (Å²) < 4.78 is 6.08. The first kappa shape index (κ1) is 18.1. The largest absolute Gasteiger partial charge is 0.378 e. The highest BCUT2D eigenvalue weighted by Crippen LogP contribution is 2.21. The van der Waals surface area contributed by atoms with Gasteiger partial charge in [-0.05, 0) is 55.5 Å². The Morgan fingerprint density at radius 3 is 2.40 bits per heavy atom. The molecule has 0 radical (unpaired) electrons. The SMILES string of the molecule is Cc1ccc(-[n+]2cc3cccc(-c4cn(-c5ccc(N(C)C)cc5)nn4)n3c2)cc1. The van der Waals surface area contributed by atoms with Crippen LogP contribution >= 0.6 is 0 Å². The molecule has 0 amide bonds. The van der Waals surface area contributed by atoms with Crippen LogP contribution in [0.2, 0.25) is 0 Å². The van der Waals surface area contributed by atoms with Gasteiger partial charge in [0, 0.05) is 19.8 Å². The highest BCUT2D eigenvalue weighted by molar-refractivity contribution is 5.60. The fourth-order valence-corrected chi connectivity index (χ4v) is 3.55. The van der Waals surface area contributed by atoms with Gasteiger partial charge in [-0.15, -0.1) is 5.10 Å². The summed E-state index contributed by atoms with van der Waals surface area (Å²) in [5.74, 6) is 0. The van der Waals surface area contributed by atoms with Crippen LogP contribution in [0.25, 0.3) is 28.3 Å². The zero-order valence-corrected chi connectivity index (χ0v) is 17.3. The second-order valence-corrected chi connectivity index (χ2v) is 7.65. The molecule has 5 aromatic rings. The zero-order chi connectivity index (χ0) is 20.7. The summed E-state index contributed by atoms with van der Waals surface area (Å²) in [5.41, 5.74) is 7.42. The van der Waals surface area contributed by atoms with Gasteiger partial charge in [0.1, 0.15) is 11.9 Å². The van der Waals surface area contributed by atoms with E-state index in [4.69, 9.17) is 0 Å². The first-order valence-corrected chi connectivity index (χ1v) is 9.88. The summed E-state index contributed by atoms with van der Waals surface area (Å²) in [4.78, 5) is 2.08. The molecule has 3 aromatic heterocycles. The average molecular weight is 395 g/mol. The van der Waals surface area contributed by atoms with Crippen LogP contribution in [-0.2, 0) is 0 Å². The Hall–Kier alpha value is -3.93. The van der Waals surface area contributed by atoms with Gasteiger partial charge in [-0.3, -0.25) is 0 Å². The molecule has 0 spiro atoms. The van der Waals surface area contributed by atoms with Crippen LogP contribution in [0.1, 0.15) is 5.56 Å². The molecule has 6 nitrogen and oxygen atoms in total. The minimum atomic E-state index is 0.823. The van der Waals surface area contributed by atoms with Gasteiger partial charge in [0.05, 0.1) is 11.9 Å². The van der Waals surface area contributed by atoms with E-state index >= 15 is 0 Å². The zero-order valence-electron chi connectivity index (χ0n) is 17.3. The topological polar surface area (TPSA) is 42.2 Å². The molecular formula is C24H23N6+. The molecule has 0 aliphatic rings. The van der Waals surface area contributed by atoms with E-state index in [1.807, 2.05) is 25.0 Å². The van der Waals surface area contributed by atoms with Crippen molar-refractivity contribution < 1.29 is 4.57 Å². The molecule has 0 saturated heterocycles. The van der Waals surface area contributed by atoms with Crippen molar-refractivity contribution in [2.75, 3.05) is 19.0 Å². The number of hydrogen-bond acceptors (Lipinski definition) is 3. The summed E-state index contributed by atoms with van der Waals surface area (Å²) in [6, 6.07) is 23.0. The Balaban J connectivity index is 1.53. The highest BCUT2D eigenvalue weighted by atomic mass is 15.4. The molecule has 0 aliphatic heterocycles. The molecule has 0 saturated carbocycles. The Morgan fingerprint density at radius 2 is 1.67 bits per heavy atom. The summed E-state index contributed by atoms with van der Waals surface area (Å²) >= 11 is 0. The number of aryl methyl sites for hydroxylation is 1. The van der Waals surface area contributed by atoms with E-state index in [-0.39, 0.29) is 0 Å². The molecule has 148 valence electrons. The third-order valence-corrected chi connectivity index (χ3v) is 5.29. The third-order valence-electron chi connectivity index (χ3n) is 5.29. The second-order valence-electron chi connectivity index (χ2n) is 7.65. The van der Waals surface area contributed by atoms with E-state index in [1.54, 1.807) is 0 Å². The average Bonchev–Trinajstić information content (AvgIpc) is 3.41. The summed E-state index contributed by atoms with van der Waals surface area (Å²) in [6.07, 6.45) is 6.18. The maximum atomic E-state index is 4.44. The lowest BCUT2D eigenvalue weighted by Gasteiger charge is -2.12. The predicted octanol–water partition coefficient (Wildman–Crippen LogP) is 3.84. The molecule has 0 aliphatic carbocycles. The summed E-state index contributed by atoms with van der Waals surface area (Å²) in [7, 11) is 4.06. The molecule has 0 fully saturated rings. The summed E-state index contributed by atoms with van der Waals surface area (Å²) in [5, 5.41) is 8.79. The van der Waals surface area contributed by atoms with Crippen LogP contribution in [0.5, 0.6) is 0 Å². The van der Waals surface area contributed by atoms with Crippen LogP contribution in [0.15, 0.2) is 85.5 Å². The first-order valence-electron chi connectivity index (χ1n) is 9.88. The number of benzene rings is 2. The number of rotatable bonds is 4. The van der Waals surface area contributed by atoms with Gasteiger partial charge in [0.2, 0.25) is 0 Å². The van der Waals surface area contributed by atoms with Crippen molar-refractivity contribution in [1.82, 2.24) is 19.4 Å². The summed E-state index contributed by atoms with van der Waals surface area (Å²) in [6.45, 7) is 2.10. The lowest BCUT2D eigenvalue weighted by atomic mass is 10.2. The van der Waals surface area contributed by atoms with Crippen molar-refractivity contribution in [3.8, 4) is 22.8 Å². The van der Waals surface area contributed by atoms with Crippen LogP contribution in [0.4, 0.5) is 5.69 Å². The first-order chi connectivity index (χ1) is 14.6. The van der Waals surface area contributed by atoms with Gasteiger partial charge in [-0.1, -0.05) is 29.0 Å². The predicted molar refractivity (Wildman–Crippen MR) is 118 cm³/mol. The van der Waals surface area contributed by atoms with Gasteiger partial charge >= 0.3 is 0 Å². The molecule has 6 heteroatoms. The van der Waals surface area contributed by atoms with Crippen molar-refractivity contribution in [2.24, 2.45) is 0 Å². The Morgan fingerprint density at radius 1 is 0.900 bits per heavy atom. The smallest absolute Gasteiger partial charge is 0.254 e. The van der Waals surface area contributed by atoms with E-state index < -0.39 is 0 Å². The highest BCUT2D eigenvalue weighted by Gasteiger charge is 2.16. The normalized spacial score (nSPS) is 11.2. The lowest BCUT2D eigenvalue weighted by molar-refractivity contribution is -0.594. The number of nitrogens with zero attached hydrogens (tertiary/aromatic N) is 6. The standard InChI is InChI=1S/C24H23N6/c1-18-7-9-20(10-8-18)28-15-22-5-4-6-24(29(22)17-28)23-16-30(26-25-23)21-13-11-19(12-14-21)27(2)3/h4-17H,1-3H3/q+1. The molecule has 30 heavy (non-hydrogen) atoms. The fraction of sp³-hybridized carbons (Fsp3) is 0.125. The molecule has 3 heterocycles. The molecule has 0 atom stereocenters. The number of pyridine rings is 1. The maximum absolute atomic E-state index is 4.44. The number of fused-ring (bicyclic) bond motifs is 1. The number of hydrogen-bond donors (Lipinski definition) is 0. The van der Waals surface area contributed by atoms with E-state index in [9.17, 15) is 0 Å². The van der Waals surface area contributed by atoms with Gasteiger partial charge in [0.25, 0.3) is 6.33 Å². The van der Waals surface area contributed by atoms with Crippen LogP contribution in [0, 0.1) is 6.92 Å². The molecule has 0 unspecified atom stereocenters. The Bertz CT molecular complexity index is 1310. The number of aromatic nitrogens is 5. The van der Waals surface area contributed by atoms with E-state index in [0.29, 0.717) is 0 Å². The molecule has 5 rings (SSSR count). The van der Waals surface area contributed by atoms with Gasteiger partial charge in [-0.25, -0.2) is 9.25 Å². The van der Waals surface area contributed by atoms with Gasteiger partial charge in [0.15, 0.2) is 16.9 Å². The van der Waals surface area contributed by atoms with Crippen LogP contribution in [0.3, 0.4) is 0 Å². The Labute approximate surface area is 175 Å². The minimum absolute atomic E-state index is 0.823. The number of anilines is 1. The van der Waals surface area contributed by atoms with Crippen molar-refractivity contribution >= 4 is 11.2 Å². The minimum Gasteiger partial charge on any atom is -0.378 e. The van der Waals surface area contributed by atoms with Crippen LogP contribution in [-0.4, -0.2) is 33.5 Å². The molecular weight excluding hydrogens is 372 g/mol. The third kappa shape index (κ3) is 3.22. The number of imidazole rings is 1. The van der Waals surface area contributed by atoms with Crippen molar-refractivity contribution in [2.45, 2.75) is 6.92 Å². The quantitative estimate of drug-likeness (QED) is 0.434. The van der Waals surface area contributed by atoms with E-state index in [2.05, 4.69) is 110 Å². The van der Waals surface area contributed by atoms with E-state index in [0.717, 1.165) is 34.0 Å². The second kappa shape index (κ2) is 7.15. The Kier molecular flexibility index (Phi) is 4.32. The lowest BCUT2D eigenvalue weighted by Crippen LogP contribution is -2.26.